The minimum Gasteiger partial charge on any atom is -0.489 e. The van der Waals surface area contributed by atoms with Crippen molar-refractivity contribution in [1.82, 2.24) is 0 Å². The van der Waals surface area contributed by atoms with Crippen molar-refractivity contribution in [2.24, 2.45) is 5.73 Å². The third kappa shape index (κ3) is 2.88. The molecule has 0 atom stereocenters. The second-order valence-corrected chi connectivity index (χ2v) is 4.93. The molecule has 0 bridgehead atoms. The number of ether oxygens (including phenoxy) is 1. The molecule has 0 amide bonds. The Kier molecular flexibility index (Phi) is 3.38. The fourth-order valence-corrected chi connectivity index (χ4v) is 2.22. The van der Waals surface area contributed by atoms with Gasteiger partial charge in [-0.25, -0.2) is 0 Å². The van der Waals surface area contributed by atoms with Crippen LogP contribution < -0.4 is 15.4 Å². The molecule has 0 unspecified atom stereocenters. The summed E-state index contributed by atoms with van der Waals surface area (Å²) >= 11 is 0. The molecule has 2 aromatic carbocycles. The summed E-state index contributed by atoms with van der Waals surface area (Å²) in [6.07, 6.45) is 0. The lowest BCUT2D eigenvalue weighted by Gasteiger charge is -2.38. The third-order valence-electron chi connectivity index (χ3n) is 3.36. The molecule has 1 heterocycles. The highest BCUT2D eigenvalue weighted by atomic mass is 16.5. The van der Waals surface area contributed by atoms with Gasteiger partial charge in [-0.05, 0) is 29.8 Å². The van der Waals surface area contributed by atoms with Crippen molar-refractivity contribution in [3.8, 4) is 5.75 Å². The number of rotatable bonds is 4. The average Bonchev–Trinajstić information content (AvgIpc) is 2.44. The molecule has 19 heavy (non-hydrogen) atoms. The van der Waals surface area contributed by atoms with E-state index in [0.717, 1.165) is 18.8 Å². The molecule has 1 aliphatic rings. The summed E-state index contributed by atoms with van der Waals surface area (Å²) in [6.45, 7) is 2.50. The molecular weight excluding hydrogens is 236 g/mol. The number of hydrogen-bond donors (Lipinski definition) is 1. The molecule has 0 aromatic heterocycles. The van der Waals surface area contributed by atoms with Gasteiger partial charge in [0.25, 0.3) is 0 Å². The summed E-state index contributed by atoms with van der Waals surface area (Å²) in [5.74, 6) is 0.900. The van der Waals surface area contributed by atoms with Gasteiger partial charge in [0.1, 0.15) is 12.4 Å². The van der Waals surface area contributed by atoms with Crippen molar-refractivity contribution in [1.29, 1.82) is 0 Å². The monoisotopic (exact) mass is 254 g/mol. The highest BCUT2D eigenvalue weighted by molar-refractivity contribution is 5.51. The molecule has 0 spiro atoms. The topological polar surface area (TPSA) is 38.5 Å². The quantitative estimate of drug-likeness (QED) is 0.910. The molecule has 98 valence electrons. The van der Waals surface area contributed by atoms with Gasteiger partial charge in [0.15, 0.2) is 0 Å². The van der Waals surface area contributed by atoms with Gasteiger partial charge in [0, 0.05) is 24.8 Å². The number of nitrogens with two attached hydrogens (primary N) is 1. The van der Waals surface area contributed by atoms with Crippen molar-refractivity contribution in [3.63, 3.8) is 0 Å². The normalized spacial score (nSPS) is 15.1. The predicted molar refractivity (Wildman–Crippen MR) is 77.4 cm³/mol. The van der Waals surface area contributed by atoms with Crippen LogP contribution in [0.1, 0.15) is 5.56 Å². The SMILES string of the molecule is NC1CN(c2ccc(OCc3ccccc3)cc2)C1. The molecule has 0 radical (unpaired) electrons. The first kappa shape index (κ1) is 12.1. The van der Waals surface area contributed by atoms with Gasteiger partial charge < -0.3 is 15.4 Å². The van der Waals surface area contributed by atoms with Crippen molar-refractivity contribution >= 4 is 5.69 Å². The zero-order valence-corrected chi connectivity index (χ0v) is 10.8. The van der Waals surface area contributed by atoms with Crippen LogP contribution in [-0.4, -0.2) is 19.1 Å². The van der Waals surface area contributed by atoms with E-state index in [4.69, 9.17) is 10.5 Å². The van der Waals surface area contributed by atoms with Crippen molar-refractivity contribution < 1.29 is 4.74 Å². The first-order chi connectivity index (χ1) is 9.31. The number of nitrogens with zero attached hydrogens (tertiary/aromatic N) is 1. The summed E-state index contributed by atoms with van der Waals surface area (Å²) in [5.41, 5.74) is 8.18. The Morgan fingerprint density at radius 3 is 2.32 bits per heavy atom. The molecule has 0 aliphatic carbocycles. The van der Waals surface area contributed by atoms with Crippen LogP contribution in [0.4, 0.5) is 5.69 Å². The Labute approximate surface area is 113 Å². The highest BCUT2D eigenvalue weighted by Gasteiger charge is 2.22. The molecule has 3 nitrogen and oxygen atoms in total. The fraction of sp³-hybridized carbons (Fsp3) is 0.250. The van der Waals surface area contributed by atoms with Gasteiger partial charge >= 0.3 is 0 Å². The largest absolute Gasteiger partial charge is 0.489 e. The zero-order chi connectivity index (χ0) is 13.1. The van der Waals surface area contributed by atoms with E-state index in [1.807, 2.05) is 30.3 Å². The van der Waals surface area contributed by atoms with Crippen LogP contribution >= 0.6 is 0 Å². The Hall–Kier alpha value is -2.00. The van der Waals surface area contributed by atoms with Gasteiger partial charge in [0.2, 0.25) is 0 Å². The van der Waals surface area contributed by atoms with Crippen LogP contribution in [0.3, 0.4) is 0 Å². The maximum atomic E-state index is 5.78. The van der Waals surface area contributed by atoms with E-state index in [-0.39, 0.29) is 0 Å². The fourth-order valence-electron chi connectivity index (χ4n) is 2.22. The standard InChI is InChI=1S/C16H18N2O/c17-14-10-18(11-14)15-6-8-16(9-7-15)19-12-13-4-2-1-3-5-13/h1-9,14H,10-12,17H2. The summed E-state index contributed by atoms with van der Waals surface area (Å²) < 4.78 is 5.76. The lowest BCUT2D eigenvalue weighted by atomic mass is 10.1. The lowest BCUT2D eigenvalue weighted by Crippen LogP contribution is -2.55. The van der Waals surface area contributed by atoms with Gasteiger partial charge in [-0.1, -0.05) is 30.3 Å². The number of hydrogen-bond acceptors (Lipinski definition) is 3. The number of anilines is 1. The van der Waals surface area contributed by atoms with Crippen LogP contribution in [0.15, 0.2) is 54.6 Å². The Bertz CT molecular complexity index is 518. The van der Waals surface area contributed by atoms with E-state index in [1.54, 1.807) is 0 Å². The molecule has 1 aliphatic heterocycles. The van der Waals surface area contributed by atoms with Crippen molar-refractivity contribution in [3.05, 3.63) is 60.2 Å². The van der Waals surface area contributed by atoms with E-state index < -0.39 is 0 Å². The van der Waals surface area contributed by atoms with E-state index in [9.17, 15) is 0 Å². The van der Waals surface area contributed by atoms with E-state index in [0.29, 0.717) is 12.6 Å². The molecular formula is C16H18N2O. The van der Waals surface area contributed by atoms with Gasteiger partial charge in [-0.2, -0.15) is 0 Å². The van der Waals surface area contributed by atoms with Crippen molar-refractivity contribution in [2.75, 3.05) is 18.0 Å². The summed E-state index contributed by atoms with van der Waals surface area (Å²) in [5, 5.41) is 0. The Morgan fingerprint density at radius 1 is 1.00 bits per heavy atom. The summed E-state index contributed by atoms with van der Waals surface area (Å²) in [4.78, 5) is 2.27. The molecule has 3 heteroatoms. The molecule has 0 saturated carbocycles. The van der Waals surface area contributed by atoms with Crippen LogP contribution in [0.25, 0.3) is 0 Å². The van der Waals surface area contributed by atoms with E-state index in [1.165, 1.54) is 11.3 Å². The Balaban J connectivity index is 1.57. The molecule has 1 fully saturated rings. The Morgan fingerprint density at radius 2 is 1.68 bits per heavy atom. The lowest BCUT2D eigenvalue weighted by molar-refractivity contribution is 0.306. The highest BCUT2D eigenvalue weighted by Crippen LogP contribution is 2.23. The van der Waals surface area contributed by atoms with Crippen LogP contribution in [0.2, 0.25) is 0 Å². The van der Waals surface area contributed by atoms with E-state index >= 15 is 0 Å². The van der Waals surface area contributed by atoms with Gasteiger partial charge in [-0.15, -0.1) is 0 Å². The zero-order valence-electron chi connectivity index (χ0n) is 10.8. The average molecular weight is 254 g/mol. The molecule has 2 aromatic rings. The van der Waals surface area contributed by atoms with Gasteiger partial charge in [0.05, 0.1) is 0 Å². The minimum absolute atomic E-state index is 0.328. The molecule has 2 N–H and O–H groups in total. The minimum atomic E-state index is 0.328. The second-order valence-electron chi connectivity index (χ2n) is 4.93. The second kappa shape index (κ2) is 5.33. The number of benzene rings is 2. The summed E-state index contributed by atoms with van der Waals surface area (Å²) in [7, 11) is 0. The maximum Gasteiger partial charge on any atom is 0.119 e. The van der Waals surface area contributed by atoms with E-state index in [2.05, 4.69) is 29.2 Å². The maximum absolute atomic E-state index is 5.78. The first-order valence-corrected chi connectivity index (χ1v) is 6.58. The van der Waals surface area contributed by atoms with Crippen LogP contribution in [-0.2, 0) is 6.61 Å². The third-order valence-corrected chi connectivity index (χ3v) is 3.36. The first-order valence-electron chi connectivity index (χ1n) is 6.58. The smallest absolute Gasteiger partial charge is 0.119 e. The molecule has 1 saturated heterocycles. The van der Waals surface area contributed by atoms with Crippen LogP contribution in [0, 0.1) is 0 Å². The summed E-state index contributed by atoms with van der Waals surface area (Å²) in [6, 6.07) is 18.7. The van der Waals surface area contributed by atoms with Gasteiger partial charge in [-0.3, -0.25) is 0 Å². The van der Waals surface area contributed by atoms with Crippen LogP contribution in [0.5, 0.6) is 5.75 Å². The van der Waals surface area contributed by atoms with Crippen molar-refractivity contribution in [2.45, 2.75) is 12.6 Å². The predicted octanol–water partition coefficient (Wildman–Crippen LogP) is 2.41. The molecule has 3 rings (SSSR count).